The molecule has 1 aliphatic carbocycles. The Bertz CT molecular complexity index is 352. The van der Waals surface area contributed by atoms with Gasteiger partial charge in [0.25, 0.3) is 0 Å². The van der Waals surface area contributed by atoms with Gasteiger partial charge in [0.2, 0.25) is 0 Å². The molecule has 1 aromatic rings. The zero-order chi connectivity index (χ0) is 12.1. The standard InChI is InChI=1S/C14H20FNO/c1-2-16-10-14(17-13-7-4-8-13)11-5-3-6-12(15)9-11/h3,5-6,9,13-14,16H,2,4,7-8,10H2,1H3. The van der Waals surface area contributed by atoms with Crippen molar-refractivity contribution in [1.29, 1.82) is 0 Å². The molecule has 0 aliphatic heterocycles. The lowest BCUT2D eigenvalue weighted by Crippen LogP contribution is -2.30. The summed E-state index contributed by atoms with van der Waals surface area (Å²) in [5.41, 5.74) is 0.929. The number of hydrogen-bond acceptors (Lipinski definition) is 2. The predicted octanol–water partition coefficient (Wildman–Crippen LogP) is 3.05. The molecule has 2 nitrogen and oxygen atoms in total. The van der Waals surface area contributed by atoms with Crippen LogP contribution >= 0.6 is 0 Å². The second-order valence-corrected chi connectivity index (χ2v) is 4.54. The molecule has 0 amide bonds. The number of halogens is 1. The molecule has 1 saturated carbocycles. The Kier molecular flexibility index (Phi) is 4.51. The van der Waals surface area contributed by atoms with Gasteiger partial charge in [0, 0.05) is 6.54 Å². The minimum absolute atomic E-state index is 0.0315. The van der Waals surface area contributed by atoms with Crippen LogP contribution in [0.15, 0.2) is 24.3 Å². The average molecular weight is 237 g/mol. The second kappa shape index (κ2) is 6.12. The first-order valence-electron chi connectivity index (χ1n) is 6.41. The lowest BCUT2D eigenvalue weighted by Gasteiger charge is -2.31. The van der Waals surface area contributed by atoms with Crippen LogP contribution in [0.5, 0.6) is 0 Å². The highest BCUT2D eigenvalue weighted by Crippen LogP contribution is 2.28. The fourth-order valence-electron chi connectivity index (χ4n) is 1.97. The summed E-state index contributed by atoms with van der Waals surface area (Å²) in [4.78, 5) is 0. The van der Waals surface area contributed by atoms with Gasteiger partial charge in [-0.25, -0.2) is 4.39 Å². The van der Waals surface area contributed by atoms with Crippen molar-refractivity contribution in [3.8, 4) is 0 Å². The van der Waals surface area contributed by atoms with Crippen molar-refractivity contribution >= 4 is 0 Å². The molecular weight excluding hydrogens is 217 g/mol. The van der Waals surface area contributed by atoms with Gasteiger partial charge in [-0.3, -0.25) is 0 Å². The highest BCUT2D eigenvalue weighted by molar-refractivity contribution is 5.19. The first-order valence-corrected chi connectivity index (χ1v) is 6.41. The minimum atomic E-state index is -0.193. The Morgan fingerprint density at radius 2 is 2.29 bits per heavy atom. The van der Waals surface area contributed by atoms with Gasteiger partial charge >= 0.3 is 0 Å². The lowest BCUT2D eigenvalue weighted by molar-refractivity contribution is -0.0518. The van der Waals surface area contributed by atoms with Gasteiger partial charge in [0.05, 0.1) is 12.2 Å². The highest BCUT2D eigenvalue weighted by atomic mass is 19.1. The molecule has 0 heterocycles. The fourth-order valence-corrected chi connectivity index (χ4v) is 1.97. The third-order valence-corrected chi connectivity index (χ3v) is 3.21. The molecule has 0 bridgehead atoms. The molecule has 1 atom stereocenters. The molecular formula is C14H20FNO. The molecule has 2 rings (SSSR count). The van der Waals surface area contributed by atoms with E-state index in [0.717, 1.165) is 31.5 Å². The number of hydrogen-bond donors (Lipinski definition) is 1. The van der Waals surface area contributed by atoms with Crippen LogP contribution in [-0.2, 0) is 4.74 Å². The second-order valence-electron chi connectivity index (χ2n) is 4.54. The quantitative estimate of drug-likeness (QED) is 0.821. The summed E-state index contributed by atoms with van der Waals surface area (Å²) in [6.07, 6.45) is 3.86. The zero-order valence-corrected chi connectivity index (χ0v) is 10.3. The topological polar surface area (TPSA) is 21.3 Å². The van der Waals surface area contributed by atoms with Crippen molar-refractivity contribution in [3.05, 3.63) is 35.6 Å². The van der Waals surface area contributed by atoms with Crippen molar-refractivity contribution in [1.82, 2.24) is 5.32 Å². The number of likely N-dealkylation sites (N-methyl/N-ethyl adjacent to an activating group) is 1. The SMILES string of the molecule is CCNCC(OC1CCC1)c1cccc(F)c1. The normalized spacial score (nSPS) is 17.8. The minimum Gasteiger partial charge on any atom is -0.369 e. The van der Waals surface area contributed by atoms with E-state index in [1.54, 1.807) is 12.1 Å². The van der Waals surface area contributed by atoms with Crippen LogP contribution in [0.4, 0.5) is 4.39 Å². The van der Waals surface area contributed by atoms with Crippen molar-refractivity contribution in [3.63, 3.8) is 0 Å². The molecule has 17 heavy (non-hydrogen) atoms. The van der Waals surface area contributed by atoms with E-state index in [1.165, 1.54) is 12.5 Å². The van der Waals surface area contributed by atoms with Crippen LogP contribution in [0.2, 0.25) is 0 Å². The lowest BCUT2D eigenvalue weighted by atomic mass is 9.95. The maximum atomic E-state index is 13.2. The van der Waals surface area contributed by atoms with Crippen molar-refractivity contribution in [2.45, 2.75) is 38.4 Å². The molecule has 1 aliphatic rings. The van der Waals surface area contributed by atoms with Gasteiger partial charge in [-0.15, -0.1) is 0 Å². The van der Waals surface area contributed by atoms with E-state index in [0.29, 0.717) is 6.10 Å². The summed E-state index contributed by atoms with van der Waals surface area (Å²) < 4.78 is 19.2. The summed E-state index contributed by atoms with van der Waals surface area (Å²) in [5, 5.41) is 3.27. The predicted molar refractivity (Wildman–Crippen MR) is 66.4 cm³/mol. The van der Waals surface area contributed by atoms with E-state index in [9.17, 15) is 4.39 Å². The molecule has 1 N–H and O–H groups in total. The van der Waals surface area contributed by atoms with Gasteiger partial charge in [-0.2, -0.15) is 0 Å². The summed E-state index contributed by atoms with van der Waals surface area (Å²) >= 11 is 0. The molecule has 1 unspecified atom stereocenters. The molecule has 0 aromatic heterocycles. The van der Waals surface area contributed by atoms with E-state index < -0.39 is 0 Å². The van der Waals surface area contributed by atoms with E-state index in [2.05, 4.69) is 12.2 Å². The Morgan fingerprint density at radius 3 is 2.88 bits per heavy atom. The molecule has 1 aromatic carbocycles. The van der Waals surface area contributed by atoms with E-state index in [1.807, 2.05) is 6.07 Å². The van der Waals surface area contributed by atoms with Crippen LogP contribution in [0.25, 0.3) is 0 Å². The van der Waals surface area contributed by atoms with E-state index >= 15 is 0 Å². The average Bonchev–Trinajstić information content (AvgIpc) is 2.27. The van der Waals surface area contributed by atoms with E-state index in [4.69, 9.17) is 4.74 Å². The summed E-state index contributed by atoms with van der Waals surface area (Å²) in [5.74, 6) is -0.193. The molecule has 0 spiro atoms. The van der Waals surface area contributed by atoms with Gasteiger partial charge in [-0.1, -0.05) is 19.1 Å². The summed E-state index contributed by atoms with van der Waals surface area (Å²) in [6.45, 7) is 3.71. The van der Waals surface area contributed by atoms with E-state index in [-0.39, 0.29) is 11.9 Å². The summed E-state index contributed by atoms with van der Waals surface area (Å²) in [6, 6.07) is 6.72. The van der Waals surface area contributed by atoms with Crippen LogP contribution in [-0.4, -0.2) is 19.2 Å². The Labute approximate surface area is 102 Å². The largest absolute Gasteiger partial charge is 0.369 e. The fraction of sp³-hybridized carbons (Fsp3) is 0.571. The first kappa shape index (κ1) is 12.5. The van der Waals surface area contributed by atoms with Gasteiger partial charge in [0.15, 0.2) is 0 Å². The van der Waals surface area contributed by atoms with Gasteiger partial charge in [0.1, 0.15) is 5.82 Å². The Balaban J connectivity index is 2.02. The van der Waals surface area contributed by atoms with Crippen molar-refractivity contribution < 1.29 is 9.13 Å². The summed E-state index contributed by atoms with van der Waals surface area (Å²) in [7, 11) is 0. The molecule has 3 heteroatoms. The molecule has 0 radical (unpaired) electrons. The van der Waals surface area contributed by atoms with Crippen LogP contribution in [0.3, 0.4) is 0 Å². The molecule has 94 valence electrons. The van der Waals surface area contributed by atoms with Crippen LogP contribution in [0, 0.1) is 5.82 Å². The monoisotopic (exact) mass is 237 g/mol. The van der Waals surface area contributed by atoms with Crippen molar-refractivity contribution in [2.75, 3.05) is 13.1 Å². The van der Waals surface area contributed by atoms with Crippen LogP contribution < -0.4 is 5.32 Å². The number of benzene rings is 1. The number of rotatable bonds is 6. The third kappa shape index (κ3) is 3.51. The number of ether oxygens (including phenoxy) is 1. The van der Waals surface area contributed by atoms with Crippen LogP contribution in [0.1, 0.15) is 37.9 Å². The molecule has 0 saturated heterocycles. The number of nitrogens with one attached hydrogen (secondary N) is 1. The first-order chi connectivity index (χ1) is 8.29. The Hall–Kier alpha value is -0.930. The zero-order valence-electron chi connectivity index (χ0n) is 10.3. The van der Waals surface area contributed by atoms with Gasteiger partial charge < -0.3 is 10.1 Å². The Morgan fingerprint density at radius 1 is 1.47 bits per heavy atom. The smallest absolute Gasteiger partial charge is 0.123 e. The maximum absolute atomic E-state index is 13.2. The third-order valence-electron chi connectivity index (χ3n) is 3.21. The van der Waals surface area contributed by atoms with Gasteiger partial charge in [-0.05, 0) is 43.5 Å². The maximum Gasteiger partial charge on any atom is 0.123 e. The highest BCUT2D eigenvalue weighted by Gasteiger charge is 2.23. The van der Waals surface area contributed by atoms with Crippen molar-refractivity contribution in [2.24, 2.45) is 0 Å². The molecule has 1 fully saturated rings.